The maximum absolute atomic E-state index is 10.8. The van der Waals surface area contributed by atoms with Gasteiger partial charge in [-0.1, -0.05) is 24.3 Å². The summed E-state index contributed by atoms with van der Waals surface area (Å²) >= 11 is 0. The van der Waals surface area contributed by atoms with Crippen LogP contribution in [-0.2, 0) is 11.3 Å². The van der Waals surface area contributed by atoms with Crippen LogP contribution < -0.4 is 10.1 Å². The third-order valence-electron chi connectivity index (χ3n) is 4.42. The van der Waals surface area contributed by atoms with Crippen LogP contribution >= 0.6 is 0 Å². The van der Waals surface area contributed by atoms with E-state index in [0.717, 1.165) is 48.4 Å². The lowest BCUT2D eigenvalue weighted by Gasteiger charge is -2.14. The monoisotopic (exact) mass is 351 g/mol. The van der Waals surface area contributed by atoms with Gasteiger partial charge in [-0.05, 0) is 56.5 Å². The first-order valence-electron chi connectivity index (χ1n) is 9.03. The van der Waals surface area contributed by atoms with Gasteiger partial charge >= 0.3 is 0 Å². The summed E-state index contributed by atoms with van der Waals surface area (Å²) < 4.78 is 8.02. The molecule has 1 amide bonds. The highest BCUT2D eigenvalue weighted by Crippen LogP contribution is 2.21. The highest BCUT2D eigenvalue weighted by Gasteiger charge is 2.15. The number of carbonyl (C=O) groups excluding carboxylic acids is 1. The average molecular weight is 351 g/mol. The topological polar surface area (TPSA) is 56.1 Å². The van der Waals surface area contributed by atoms with Crippen LogP contribution in [0, 0.1) is 6.92 Å². The molecule has 0 saturated carbocycles. The predicted octanol–water partition coefficient (Wildman–Crippen LogP) is 4.01. The quantitative estimate of drug-likeness (QED) is 0.468. The summed E-state index contributed by atoms with van der Waals surface area (Å²) in [6, 6.07) is 16.1. The number of nitrogens with zero attached hydrogens (tertiary/aromatic N) is 2. The van der Waals surface area contributed by atoms with Crippen molar-refractivity contribution in [2.45, 2.75) is 39.3 Å². The van der Waals surface area contributed by atoms with Gasteiger partial charge in [-0.2, -0.15) is 0 Å². The van der Waals surface area contributed by atoms with E-state index in [1.165, 1.54) is 5.56 Å². The van der Waals surface area contributed by atoms with Gasteiger partial charge in [-0.3, -0.25) is 4.79 Å². The lowest BCUT2D eigenvalue weighted by Crippen LogP contribution is -2.20. The predicted molar refractivity (Wildman–Crippen MR) is 103 cm³/mol. The molecule has 0 spiro atoms. The zero-order valence-corrected chi connectivity index (χ0v) is 15.3. The second-order valence-electron chi connectivity index (χ2n) is 6.49. The summed E-state index contributed by atoms with van der Waals surface area (Å²) in [4.78, 5) is 15.5. The molecule has 136 valence electrons. The standard InChI is InChI=1S/C21H25N3O2/c1-16-8-7-9-18(14-16)26-13-6-5-12-24-20-11-4-3-10-19(20)23-21(24)17(2)22-15-25/h3-4,7-11,14-15,17H,5-6,12-13H2,1-2H3,(H,22,25)/t17-/m1/s1. The van der Waals surface area contributed by atoms with E-state index in [1.54, 1.807) is 0 Å². The van der Waals surface area contributed by atoms with Crippen LogP contribution in [-0.4, -0.2) is 22.6 Å². The average Bonchev–Trinajstić information content (AvgIpc) is 3.01. The number of fused-ring (bicyclic) bond motifs is 1. The minimum absolute atomic E-state index is 0.122. The molecule has 1 atom stereocenters. The van der Waals surface area contributed by atoms with Gasteiger partial charge in [0.05, 0.1) is 23.7 Å². The van der Waals surface area contributed by atoms with Crippen LogP contribution in [0.2, 0.25) is 0 Å². The number of para-hydroxylation sites is 2. The molecule has 1 aromatic heterocycles. The first-order valence-corrected chi connectivity index (χ1v) is 9.03. The van der Waals surface area contributed by atoms with Gasteiger partial charge in [0.2, 0.25) is 6.41 Å². The Balaban J connectivity index is 1.62. The third-order valence-corrected chi connectivity index (χ3v) is 4.42. The fourth-order valence-electron chi connectivity index (χ4n) is 3.10. The van der Waals surface area contributed by atoms with Crippen LogP contribution in [0.1, 0.15) is 37.2 Å². The van der Waals surface area contributed by atoms with E-state index >= 15 is 0 Å². The Labute approximate surface area is 154 Å². The summed E-state index contributed by atoms with van der Waals surface area (Å²) in [6.45, 7) is 5.55. The van der Waals surface area contributed by atoms with E-state index in [1.807, 2.05) is 43.3 Å². The SMILES string of the molecule is Cc1cccc(OCCCCn2c([C@@H](C)NC=O)nc3ccccc32)c1. The molecule has 0 bridgehead atoms. The third kappa shape index (κ3) is 4.23. The Kier molecular flexibility index (Phi) is 5.89. The molecule has 0 radical (unpaired) electrons. The zero-order valence-electron chi connectivity index (χ0n) is 15.3. The maximum Gasteiger partial charge on any atom is 0.207 e. The van der Waals surface area contributed by atoms with E-state index in [-0.39, 0.29) is 6.04 Å². The van der Waals surface area contributed by atoms with Crippen LogP contribution in [0.5, 0.6) is 5.75 Å². The van der Waals surface area contributed by atoms with E-state index < -0.39 is 0 Å². The summed E-state index contributed by atoms with van der Waals surface area (Å²) in [5, 5.41) is 2.80. The van der Waals surface area contributed by atoms with Gasteiger partial charge in [-0.25, -0.2) is 4.98 Å². The number of amides is 1. The highest BCUT2D eigenvalue weighted by atomic mass is 16.5. The Morgan fingerprint density at radius 3 is 2.85 bits per heavy atom. The van der Waals surface area contributed by atoms with Crippen LogP contribution in [0.15, 0.2) is 48.5 Å². The second-order valence-corrected chi connectivity index (χ2v) is 6.49. The summed E-state index contributed by atoms with van der Waals surface area (Å²) in [5.41, 5.74) is 3.26. The molecule has 3 rings (SSSR count). The van der Waals surface area contributed by atoms with Crippen molar-refractivity contribution in [3.8, 4) is 5.75 Å². The molecule has 0 saturated heterocycles. The fraction of sp³-hybridized carbons (Fsp3) is 0.333. The normalized spacial score (nSPS) is 12.1. The molecule has 1 N–H and O–H groups in total. The van der Waals surface area contributed by atoms with Gasteiger partial charge in [0.25, 0.3) is 0 Å². The van der Waals surface area contributed by atoms with E-state index in [0.29, 0.717) is 6.61 Å². The van der Waals surface area contributed by atoms with Gasteiger partial charge in [0, 0.05) is 6.54 Å². The van der Waals surface area contributed by atoms with Crippen LogP contribution in [0.4, 0.5) is 0 Å². The molecule has 26 heavy (non-hydrogen) atoms. The van der Waals surface area contributed by atoms with Crippen molar-refractivity contribution in [2.24, 2.45) is 0 Å². The number of aryl methyl sites for hydroxylation is 2. The maximum atomic E-state index is 10.8. The van der Waals surface area contributed by atoms with Gasteiger partial charge in [0.15, 0.2) is 0 Å². The van der Waals surface area contributed by atoms with Crippen molar-refractivity contribution in [3.63, 3.8) is 0 Å². The van der Waals surface area contributed by atoms with Gasteiger partial charge in [-0.15, -0.1) is 0 Å². The van der Waals surface area contributed by atoms with Crippen molar-refractivity contribution in [2.75, 3.05) is 6.61 Å². The number of aromatic nitrogens is 2. The molecule has 0 aliphatic rings. The minimum Gasteiger partial charge on any atom is -0.494 e. The largest absolute Gasteiger partial charge is 0.494 e. The number of hydrogen-bond acceptors (Lipinski definition) is 3. The Morgan fingerprint density at radius 2 is 2.04 bits per heavy atom. The Hall–Kier alpha value is -2.82. The van der Waals surface area contributed by atoms with Crippen molar-refractivity contribution in [3.05, 3.63) is 59.9 Å². The number of hydrogen-bond donors (Lipinski definition) is 1. The molecule has 5 nitrogen and oxygen atoms in total. The number of benzene rings is 2. The van der Waals surface area contributed by atoms with Crippen molar-refractivity contribution >= 4 is 17.4 Å². The molecule has 1 heterocycles. The van der Waals surface area contributed by atoms with Gasteiger partial charge in [0.1, 0.15) is 11.6 Å². The fourth-order valence-corrected chi connectivity index (χ4v) is 3.10. The molecular weight excluding hydrogens is 326 g/mol. The number of imidazole rings is 1. The number of nitrogens with one attached hydrogen (secondary N) is 1. The second kappa shape index (κ2) is 8.52. The highest BCUT2D eigenvalue weighted by molar-refractivity contribution is 5.76. The van der Waals surface area contributed by atoms with E-state index in [9.17, 15) is 4.79 Å². The molecule has 2 aromatic carbocycles. The van der Waals surface area contributed by atoms with Gasteiger partial charge < -0.3 is 14.6 Å². The zero-order chi connectivity index (χ0) is 18.4. The van der Waals surface area contributed by atoms with Crippen LogP contribution in [0.3, 0.4) is 0 Å². The van der Waals surface area contributed by atoms with E-state index in [2.05, 4.69) is 28.9 Å². The first-order chi connectivity index (χ1) is 12.7. The lowest BCUT2D eigenvalue weighted by atomic mass is 10.2. The molecule has 0 aliphatic heterocycles. The first kappa shape index (κ1) is 18.0. The smallest absolute Gasteiger partial charge is 0.207 e. The molecular formula is C21H25N3O2. The molecule has 3 aromatic rings. The van der Waals surface area contributed by atoms with E-state index in [4.69, 9.17) is 9.72 Å². The minimum atomic E-state index is -0.122. The Morgan fingerprint density at radius 1 is 1.19 bits per heavy atom. The Bertz CT molecular complexity index is 873. The number of unbranched alkanes of at least 4 members (excludes halogenated alkanes) is 1. The molecule has 5 heteroatoms. The summed E-state index contributed by atoms with van der Waals surface area (Å²) in [7, 11) is 0. The molecule has 0 unspecified atom stereocenters. The molecule has 0 fully saturated rings. The van der Waals surface area contributed by atoms with Crippen LogP contribution in [0.25, 0.3) is 11.0 Å². The molecule has 0 aliphatic carbocycles. The summed E-state index contributed by atoms with van der Waals surface area (Å²) in [6.07, 6.45) is 2.66. The van der Waals surface area contributed by atoms with Crippen molar-refractivity contribution < 1.29 is 9.53 Å². The summed E-state index contributed by atoms with van der Waals surface area (Å²) in [5.74, 6) is 1.81. The number of carbonyl (C=O) groups is 1. The number of rotatable bonds is 9. The van der Waals surface area contributed by atoms with Crippen molar-refractivity contribution in [1.82, 2.24) is 14.9 Å². The number of ether oxygens (including phenoxy) is 1. The lowest BCUT2D eigenvalue weighted by molar-refractivity contribution is -0.110. The van der Waals surface area contributed by atoms with Crippen molar-refractivity contribution in [1.29, 1.82) is 0 Å².